The van der Waals surface area contributed by atoms with Crippen LogP contribution in [-0.4, -0.2) is 60.7 Å². The van der Waals surface area contributed by atoms with E-state index < -0.39 is 47.2 Å². The molecule has 0 saturated carbocycles. The summed E-state index contributed by atoms with van der Waals surface area (Å²) in [5.41, 5.74) is 5.27. The van der Waals surface area contributed by atoms with E-state index in [4.69, 9.17) is 25.6 Å². The number of carbonyl (C=O) groups excluding carboxylic acids is 1. The number of rotatable bonds is 11. The fraction of sp³-hybridized carbons (Fsp3) is 0.206. The fourth-order valence-corrected chi connectivity index (χ4v) is 5.91. The molecule has 5 aromatic rings. The molecule has 0 spiro atoms. The minimum absolute atomic E-state index is 0. The summed E-state index contributed by atoms with van der Waals surface area (Å²) in [6.45, 7) is 1.09. The number of aliphatic hydroxyl groups is 1. The molecular weight excluding hydrogens is 811 g/mol. The van der Waals surface area contributed by atoms with Gasteiger partial charge < -0.3 is 42.8 Å². The van der Waals surface area contributed by atoms with Gasteiger partial charge in [0, 0.05) is 39.2 Å². The lowest BCUT2D eigenvalue weighted by atomic mass is 9.82. The van der Waals surface area contributed by atoms with Crippen molar-refractivity contribution in [3.05, 3.63) is 118 Å². The molecule has 5 rings (SSSR count). The average molecular weight is 840 g/mol. The van der Waals surface area contributed by atoms with Crippen LogP contribution in [0.3, 0.4) is 0 Å². The molecule has 0 radical (unpaired) electrons. The number of nitrogens with zero attached hydrogens (tertiary/aromatic N) is 5. The Hall–Kier alpha value is -5.62. The van der Waals surface area contributed by atoms with Crippen LogP contribution in [0.15, 0.2) is 78.7 Å². The summed E-state index contributed by atoms with van der Waals surface area (Å²) in [6.07, 6.45) is -2.16. The van der Waals surface area contributed by atoms with Gasteiger partial charge in [-0.3, -0.25) is 4.79 Å². The molecule has 5 N–H and O–H groups in total. The highest BCUT2D eigenvalue weighted by molar-refractivity contribution is 7.10. The zero-order valence-electron chi connectivity index (χ0n) is 27.7. The van der Waals surface area contributed by atoms with Crippen LogP contribution in [-0.2, 0) is 28.3 Å². The van der Waals surface area contributed by atoms with E-state index in [1.54, 1.807) is 41.1 Å². The Morgan fingerprint density at radius 3 is 2.31 bits per heavy atom. The molecular formula is C34H28BrF5N6O7S. The van der Waals surface area contributed by atoms with Gasteiger partial charge in [-0.25, -0.2) is 27.9 Å². The van der Waals surface area contributed by atoms with Gasteiger partial charge in [-0.15, -0.1) is 16.0 Å². The molecule has 0 bridgehead atoms. The standard InChI is InChI=1S/C32H26F2N6O5S.C2HF3O2.BrH/c1-19(30-38-28(15-46-30)21-4-2-20(12-35)3-5-21)32(44,26-9-7-23(33)10-27(26)34)16-40-18-39(17-37-40)14-22-6-8-24(45-29(41)13-36)11-25(22)31(42)43;3-2(4,5)1(6)7;/h2-11,15,17-19,44H,13-14,16,36H2,1H3;(H,6,7);1H. The topological polar surface area (TPSA) is 206 Å². The lowest BCUT2D eigenvalue weighted by molar-refractivity contribution is -0.689. The van der Waals surface area contributed by atoms with Crippen LogP contribution < -0.4 is 32.0 Å². The number of carboxylic acid groups (broad SMARTS) is 2. The summed E-state index contributed by atoms with van der Waals surface area (Å²) in [7, 11) is 0. The minimum Gasteiger partial charge on any atom is -1.00 e. The number of aliphatic carboxylic acids is 1. The van der Waals surface area contributed by atoms with Crippen molar-refractivity contribution in [2.75, 3.05) is 6.54 Å². The molecule has 2 atom stereocenters. The lowest BCUT2D eigenvalue weighted by Gasteiger charge is -2.32. The Kier molecular flexibility index (Phi) is 14.2. The van der Waals surface area contributed by atoms with E-state index in [0.29, 0.717) is 27.9 Å². The Labute approximate surface area is 317 Å². The summed E-state index contributed by atoms with van der Waals surface area (Å²) in [5.74, 6) is -7.24. The summed E-state index contributed by atoms with van der Waals surface area (Å²) in [6, 6.07) is 16.0. The van der Waals surface area contributed by atoms with E-state index in [2.05, 4.69) is 16.2 Å². The van der Waals surface area contributed by atoms with Crippen LogP contribution in [0.2, 0.25) is 0 Å². The number of ether oxygens (including phenoxy) is 1. The fourth-order valence-electron chi connectivity index (χ4n) is 4.93. The van der Waals surface area contributed by atoms with Crippen LogP contribution in [0.5, 0.6) is 5.75 Å². The first-order valence-corrected chi connectivity index (χ1v) is 16.0. The summed E-state index contributed by atoms with van der Waals surface area (Å²) >= 11 is 1.26. The van der Waals surface area contributed by atoms with Crippen molar-refractivity contribution in [1.29, 1.82) is 5.26 Å². The molecule has 2 heterocycles. The Morgan fingerprint density at radius 2 is 1.74 bits per heavy atom. The Bertz CT molecular complexity index is 2170. The quantitative estimate of drug-likeness (QED) is 0.0648. The van der Waals surface area contributed by atoms with Crippen molar-refractivity contribution < 1.29 is 77.9 Å². The molecule has 54 heavy (non-hydrogen) atoms. The maximum Gasteiger partial charge on any atom is 0.490 e. The van der Waals surface area contributed by atoms with E-state index in [1.807, 2.05) is 0 Å². The van der Waals surface area contributed by atoms with Crippen LogP contribution >= 0.6 is 11.3 Å². The van der Waals surface area contributed by atoms with Gasteiger partial charge in [0.2, 0.25) is 6.33 Å². The van der Waals surface area contributed by atoms with Crippen molar-refractivity contribution in [1.82, 2.24) is 14.8 Å². The van der Waals surface area contributed by atoms with Crippen LogP contribution in [0.25, 0.3) is 11.3 Å². The number of nitriles is 1. The summed E-state index contributed by atoms with van der Waals surface area (Å²) in [5, 5.41) is 44.7. The third-order valence-corrected chi connectivity index (χ3v) is 8.68. The van der Waals surface area contributed by atoms with E-state index in [1.165, 1.54) is 52.9 Å². The molecule has 0 fully saturated rings. The molecule has 13 nitrogen and oxygen atoms in total. The predicted octanol–water partition coefficient (Wildman–Crippen LogP) is 1.38. The third-order valence-electron chi connectivity index (χ3n) is 7.65. The molecule has 20 heteroatoms. The van der Waals surface area contributed by atoms with Gasteiger partial charge in [0.1, 0.15) is 29.5 Å². The van der Waals surface area contributed by atoms with Gasteiger partial charge in [0.15, 0.2) is 0 Å². The Morgan fingerprint density at radius 1 is 1.07 bits per heavy atom. The number of hydrogen-bond donors (Lipinski definition) is 4. The molecule has 0 aliphatic rings. The first-order valence-electron chi connectivity index (χ1n) is 15.1. The monoisotopic (exact) mass is 838 g/mol. The van der Waals surface area contributed by atoms with Crippen LogP contribution in [0.1, 0.15) is 44.9 Å². The van der Waals surface area contributed by atoms with Gasteiger partial charge in [-0.1, -0.05) is 31.2 Å². The van der Waals surface area contributed by atoms with E-state index in [9.17, 15) is 37.4 Å². The van der Waals surface area contributed by atoms with Crippen molar-refractivity contribution in [2.45, 2.75) is 37.7 Å². The first-order chi connectivity index (χ1) is 24.9. The third kappa shape index (κ3) is 10.5. The number of thiazole rings is 1. The smallest absolute Gasteiger partial charge is 0.490 e. The maximum atomic E-state index is 15.2. The van der Waals surface area contributed by atoms with E-state index in [0.717, 1.165) is 11.6 Å². The highest BCUT2D eigenvalue weighted by atomic mass is 79.9. The maximum absolute atomic E-state index is 15.2. The molecule has 0 amide bonds. The van der Waals surface area contributed by atoms with Crippen molar-refractivity contribution in [3.8, 4) is 23.1 Å². The highest BCUT2D eigenvalue weighted by Gasteiger charge is 2.43. The first kappa shape index (κ1) is 42.8. The molecule has 0 aliphatic heterocycles. The normalized spacial score (nSPS) is 12.6. The van der Waals surface area contributed by atoms with Gasteiger partial charge >= 0.3 is 24.1 Å². The van der Waals surface area contributed by atoms with Crippen LogP contribution in [0, 0.1) is 23.0 Å². The van der Waals surface area contributed by atoms with E-state index in [-0.39, 0.29) is 53.5 Å². The summed E-state index contributed by atoms with van der Waals surface area (Å²) in [4.78, 5) is 37.1. The van der Waals surface area contributed by atoms with Gasteiger partial charge in [-0.05, 0) is 30.3 Å². The number of nitrogens with two attached hydrogens (primary N) is 1. The number of carbonyl (C=O) groups is 3. The van der Waals surface area contributed by atoms with Crippen molar-refractivity contribution >= 4 is 29.2 Å². The van der Waals surface area contributed by atoms with Crippen molar-refractivity contribution in [3.63, 3.8) is 0 Å². The van der Waals surface area contributed by atoms with Gasteiger partial charge in [-0.2, -0.15) is 18.4 Å². The van der Waals surface area contributed by atoms with Crippen molar-refractivity contribution in [2.24, 2.45) is 5.73 Å². The highest BCUT2D eigenvalue weighted by Crippen LogP contribution is 2.41. The van der Waals surface area contributed by atoms with E-state index >= 15 is 4.39 Å². The second kappa shape index (κ2) is 17.9. The predicted molar refractivity (Wildman–Crippen MR) is 174 cm³/mol. The zero-order chi connectivity index (χ0) is 39.1. The second-order valence-corrected chi connectivity index (χ2v) is 12.1. The number of halogens is 6. The average Bonchev–Trinajstić information content (AvgIpc) is 3.78. The van der Waals surface area contributed by atoms with Gasteiger partial charge in [0.25, 0.3) is 6.33 Å². The second-order valence-electron chi connectivity index (χ2n) is 11.3. The molecule has 3 aromatic carbocycles. The number of esters is 1. The SMILES string of the molecule is CC(c1nc(-c2ccc(C#N)cc2)cs1)C(O)(Cn1c[n+](Cc2ccc(OC(=O)CN)cc2C(=O)O)cn1)c1ccc(F)cc1F.O=C(O)C(F)(F)F.[Br-]. The summed E-state index contributed by atoms with van der Waals surface area (Å²) < 4.78 is 68.8. The zero-order valence-corrected chi connectivity index (χ0v) is 30.1. The Balaban J connectivity index is 0.000000893. The minimum atomic E-state index is -5.08. The van der Waals surface area contributed by atoms with Crippen LogP contribution in [0.4, 0.5) is 22.0 Å². The number of carboxylic acids is 2. The molecule has 2 aromatic heterocycles. The number of benzene rings is 3. The number of aromatic carboxylic acids is 1. The number of alkyl halides is 3. The molecule has 2 unspecified atom stereocenters. The molecule has 0 aliphatic carbocycles. The largest absolute Gasteiger partial charge is 1.00 e. The molecule has 0 saturated heterocycles. The number of hydrogen-bond acceptors (Lipinski definition) is 10. The van der Waals surface area contributed by atoms with Gasteiger partial charge in [0.05, 0.1) is 41.0 Å². The number of aromatic nitrogens is 4. The molecule has 284 valence electrons. The lowest BCUT2D eigenvalue weighted by Crippen LogP contribution is -3.00.